The van der Waals surface area contributed by atoms with E-state index in [0.29, 0.717) is 20.1 Å². The van der Waals surface area contributed by atoms with E-state index in [1.165, 1.54) is 0 Å². The van der Waals surface area contributed by atoms with Gasteiger partial charge < -0.3 is 0 Å². The molecule has 2 rings (SSSR count). The van der Waals surface area contributed by atoms with Crippen molar-refractivity contribution in [3.63, 3.8) is 0 Å². The Morgan fingerprint density at radius 2 is 1.33 bits per heavy atom. The van der Waals surface area contributed by atoms with Crippen molar-refractivity contribution in [2.75, 3.05) is 0 Å². The van der Waals surface area contributed by atoms with Crippen molar-refractivity contribution in [1.29, 1.82) is 0 Å². The molecule has 0 atom stereocenters. The maximum absolute atomic E-state index is 5.91. The van der Waals surface area contributed by atoms with Gasteiger partial charge in [0, 0.05) is 6.21 Å². The Hall–Kier alpha value is -0.730. The average Bonchev–Trinajstić information content (AvgIpc) is 2.35. The fraction of sp³-hybridized carbons (Fsp3) is 0. The second-order valence-electron chi connectivity index (χ2n) is 3.53. The lowest BCUT2D eigenvalue weighted by Crippen LogP contribution is -1.81. The first-order chi connectivity index (χ1) is 8.56. The van der Waals surface area contributed by atoms with Gasteiger partial charge in [-0.25, -0.2) is 0 Å². The number of hydrogen-bond donors (Lipinski definition) is 0. The largest absolute Gasteiger partial charge is 0.256 e. The lowest BCUT2D eigenvalue weighted by molar-refractivity contribution is 1.52. The van der Waals surface area contributed by atoms with Crippen molar-refractivity contribution < 1.29 is 0 Å². The molecule has 0 aliphatic carbocycles. The average molecular weight is 319 g/mol. The first-order valence-corrected chi connectivity index (χ1v) is 6.51. The van der Waals surface area contributed by atoms with Gasteiger partial charge in [-0.1, -0.05) is 52.5 Å². The van der Waals surface area contributed by atoms with Crippen LogP contribution >= 0.6 is 46.4 Å². The van der Waals surface area contributed by atoms with Crippen molar-refractivity contribution in [1.82, 2.24) is 0 Å². The Labute approximate surface area is 125 Å². The summed E-state index contributed by atoms with van der Waals surface area (Å²) in [5.74, 6) is 0. The molecule has 0 unspecified atom stereocenters. The van der Waals surface area contributed by atoms with Gasteiger partial charge in [0.1, 0.15) is 0 Å². The third-order valence-corrected chi connectivity index (χ3v) is 3.69. The van der Waals surface area contributed by atoms with Crippen LogP contribution in [0.2, 0.25) is 20.1 Å². The zero-order chi connectivity index (χ0) is 13.1. The van der Waals surface area contributed by atoms with Gasteiger partial charge in [0.15, 0.2) is 0 Å². The molecular weight excluding hydrogens is 312 g/mol. The Morgan fingerprint density at radius 1 is 0.722 bits per heavy atom. The van der Waals surface area contributed by atoms with E-state index < -0.39 is 0 Å². The Bertz CT molecular complexity index is 554. The summed E-state index contributed by atoms with van der Waals surface area (Å²) in [7, 11) is 0. The smallest absolute Gasteiger partial charge is 0.0645 e. The second-order valence-corrected chi connectivity index (χ2v) is 5.16. The number of rotatable bonds is 2. The van der Waals surface area contributed by atoms with Gasteiger partial charge in [-0.3, -0.25) is 4.99 Å². The van der Waals surface area contributed by atoms with E-state index in [0.717, 1.165) is 11.3 Å². The van der Waals surface area contributed by atoms with Gasteiger partial charge >= 0.3 is 0 Å². The zero-order valence-electron chi connectivity index (χ0n) is 9.00. The monoisotopic (exact) mass is 317 g/mol. The van der Waals surface area contributed by atoms with Crippen LogP contribution in [0.5, 0.6) is 0 Å². The van der Waals surface area contributed by atoms with Crippen LogP contribution < -0.4 is 0 Å². The summed E-state index contributed by atoms with van der Waals surface area (Å²) in [6.07, 6.45) is 1.68. The third kappa shape index (κ3) is 3.39. The third-order valence-electron chi connectivity index (χ3n) is 2.21. The first kappa shape index (κ1) is 13.7. The van der Waals surface area contributed by atoms with E-state index in [9.17, 15) is 0 Å². The minimum absolute atomic E-state index is 0.473. The molecule has 0 heterocycles. The Kier molecular flexibility index (Phi) is 4.52. The molecule has 2 aromatic carbocycles. The summed E-state index contributed by atoms with van der Waals surface area (Å²) in [5.41, 5.74) is 1.57. The summed E-state index contributed by atoms with van der Waals surface area (Å²) in [6, 6.07) is 10.5. The lowest BCUT2D eigenvalue weighted by Gasteiger charge is -1.99. The highest BCUT2D eigenvalue weighted by Crippen LogP contribution is 2.27. The molecule has 0 aliphatic rings. The standard InChI is InChI=1S/C13H7Cl4N/c14-10-3-1-8(5-12(10)16)7-18-9-2-4-11(15)13(17)6-9/h1-7H. The van der Waals surface area contributed by atoms with Crippen molar-refractivity contribution in [2.45, 2.75) is 0 Å². The predicted molar refractivity (Wildman–Crippen MR) is 80.2 cm³/mol. The maximum atomic E-state index is 5.91. The topological polar surface area (TPSA) is 12.4 Å². The molecule has 0 spiro atoms. The Balaban J connectivity index is 2.24. The molecule has 18 heavy (non-hydrogen) atoms. The minimum atomic E-state index is 0.473. The Morgan fingerprint density at radius 3 is 1.94 bits per heavy atom. The molecule has 0 bridgehead atoms. The molecule has 0 aliphatic heterocycles. The second kappa shape index (κ2) is 5.94. The number of nitrogens with zero attached hydrogens (tertiary/aromatic N) is 1. The quantitative estimate of drug-likeness (QED) is 0.597. The van der Waals surface area contributed by atoms with Gasteiger partial charge in [-0.15, -0.1) is 0 Å². The molecule has 2 aromatic rings. The first-order valence-electron chi connectivity index (χ1n) is 5.00. The van der Waals surface area contributed by atoms with Crippen LogP contribution in [0.15, 0.2) is 41.4 Å². The molecule has 0 saturated heterocycles. The number of hydrogen-bond acceptors (Lipinski definition) is 1. The normalized spacial score (nSPS) is 11.1. The summed E-state index contributed by atoms with van der Waals surface area (Å²) < 4.78 is 0. The molecular formula is C13H7Cl4N. The molecule has 0 aromatic heterocycles. The van der Waals surface area contributed by atoms with Gasteiger partial charge in [-0.05, 0) is 35.9 Å². The SMILES string of the molecule is Clc1ccc(C=Nc2ccc(Cl)c(Cl)c2)cc1Cl. The highest BCUT2D eigenvalue weighted by Gasteiger charge is 1.99. The van der Waals surface area contributed by atoms with E-state index >= 15 is 0 Å². The summed E-state index contributed by atoms with van der Waals surface area (Å²) >= 11 is 23.5. The fourth-order valence-corrected chi connectivity index (χ4v) is 1.91. The van der Waals surface area contributed by atoms with E-state index in [1.54, 1.807) is 36.5 Å². The summed E-state index contributed by atoms with van der Waals surface area (Å²) in [4.78, 5) is 4.28. The van der Waals surface area contributed by atoms with Gasteiger partial charge in [0.25, 0.3) is 0 Å². The van der Waals surface area contributed by atoms with Crippen molar-refractivity contribution in [2.24, 2.45) is 4.99 Å². The molecule has 0 N–H and O–H groups in total. The number of aliphatic imine (C=N–C) groups is 1. The molecule has 0 radical (unpaired) electrons. The van der Waals surface area contributed by atoms with Crippen LogP contribution in [0.3, 0.4) is 0 Å². The van der Waals surface area contributed by atoms with Crippen molar-refractivity contribution >= 4 is 58.3 Å². The predicted octanol–water partition coefficient (Wildman–Crippen LogP) is 6.05. The summed E-state index contributed by atoms with van der Waals surface area (Å²) in [5, 5.41) is 1.99. The van der Waals surface area contributed by atoms with Crippen molar-refractivity contribution in [3.8, 4) is 0 Å². The van der Waals surface area contributed by atoms with E-state index in [4.69, 9.17) is 46.4 Å². The molecule has 0 amide bonds. The zero-order valence-corrected chi connectivity index (χ0v) is 12.0. The van der Waals surface area contributed by atoms with Crippen LogP contribution in [-0.2, 0) is 0 Å². The lowest BCUT2D eigenvalue weighted by atomic mass is 10.2. The minimum Gasteiger partial charge on any atom is -0.256 e. The van der Waals surface area contributed by atoms with E-state index in [2.05, 4.69) is 4.99 Å². The molecule has 5 heteroatoms. The molecule has 1 nitrogen and oxygen atoms in total. The number of halogens is 4. The number of benzene rings is 2. The fourth-order valence-electron chi connectivity index (χ4n) is 1.31. The van der Waals surface area contributed by atoms with Crippen molar-refractivity contribution in [3.05, 3.63) is 62.1 Å². The van der Waals surface area contributed by atoms with Gasteiger partial charge in [0.2, 0.25) is 0 Å². The highest BCUT2D eigenvalue weighted by atomic mass is 35.5. The highest BCUT2D eigenvalue weighted by molar-refractivity contribution is 6.42. The molecule has 0 fully saturated rings. The van der Waals surface area contributed by atoms with Crippen LogP contribution in [0, 0.1) is 0 Å². The summed E-state index contributed by atoms with van der Waals surface area (Å²) in [6.45, 7) is 0. The van der Waals surface area contributed by atoms with Crippen LogP contribution in [0.1, 0.15) is 5.56 Å². The maximum Gasteiger partial charge on any atom is 0.0645 e. The van der Waals surface area contributed by atoms with Crippen LogP contribution in [-0.4, -0.2) is 6.21 Å². The van der Waals surface area contributed by atoms with E-state index in [-0.39, 0.29) is 0 Å². The molecule has 0 saturated carbocycles. The molecule has 92 valence electrons. The van der Waals surface area contributed by atoms with E-state index in [1.807, 2.05) is 6.07 Å². The van der Waals surface area contributed by atoms with Gasteiger partial charge in [-0.2, -0.15) is 0 Å². The van der Waals surface area contributed by atoms with Crippen LogP contribution in [0.25, 0.3) is 0 Å². The van der Waals surface area contributed by atoms with Crippen LogP contribution in [0.4, 0.5) is 5.69 Å². The van der Waals surface area contributed by atoms with Gasteiger partial charge in [0.05, 0.1) is 25.8 Å².